The molecule has 0 saturated heterocycles. The number of rotatable bonds is 5. The van der Waals surface area contributed by atoms with Crippen molar-refractivity contribution in [3.63, 3.8) is 0 Å². The number of amides is 1. The summed E-state index contributed by atoms with van der Waals surface area (Å²) in [5.41, 5.74) is 12.0. The number of nitrogen functional groups attached to an aromatic ring is 1. The number of esters is 1. The molecule has 0 aliphatic carbocycles. The summed E-state index contributed by atoms with van der Waals surface area (Å²) in [4.78, 5) is 23.0. The molecule has 1 rings (SSSR count). The number of anilines is 2. The molecule has 0 aliphatic rings. The molecule has 1 aromatic heterocycles. The van der Waals surface area contributed by atoms with Crippen LogP contribution in [0.1, 0.15) is 27.0 Å². The van der Waals surface area contributed by atoms with Crippen LogP contribution >= 0.6 is 11.3 Å². The minimum absolute atomic E-state index is 0.0450. The molecule has 0 bridgehead atoms. The summed E-state index contributed by atoms with van der Waals surface area (Å²) in [6.07, 6.45) is 0. The van der Waals surface area contributed by atoms with E-state index in [1.807, 2.05) is 6.92 Å². The Morgan fingerprint density at radius 2 is 2.11 bits per heavy atom. The molecule has 18 heavy (non-hydrogen) atoms. The van der Waals surface area contributed by atoms with E-state index in [1.165, 1.54) is 7.11 Å². The van der Waals surface area contributed by atoms with Gasteiger partial charge in [-0.2, -0.15) is 0 Å². The summed E-state index contributed by atoms with van der Waals surface area (Å²) >= 11 is 1.04. The van der Waals surface area contributed by atoms with Crippen LogP contribution in [-0.4, -0.2) is 25.5 Å². The highest BCUT2D eigenvalue weighted by atomic mass is 32.1. The number of nitrogens with one attached hydrogen (secondary N) is 1. The standard InChI is InChI=1S/C11H15N3O3S/c1-5(2)4-14-10-6(9(13)15)7(12)8(18-10)11(16)17-3/h14H,1,4,12H2,2-3H3,(H2,13,15). The van der Waals surface area contributed by atoms with E-state index in [2.05, 4.69) is 16.6 Å². The van der Waals surface area contributed by atoms with Crippen LogP contribution in [0.25, 0.3) is 0 Å². The van der Waals surface area contributed by atoms with Gasteiger partial charge in [0.15, 0.2) is 0 Å². The van der Waals surface area contributed by atoms with Crippen LogP contribution in [0.4, 0.5) is 10.7 Å². The first-order valence-corrected chi connectivity index (χ1v) is 5.88. The Bertz CT molecular complexity index is 508. The van der Waals surface area contributed by atoms with Crippen LogP contribution in [0.15, 0.2) is 12.2 Å². The van der Waals surface area contributed by atoms with Gasteiger partial charge in [-0.15, -0.1) is 11.3 Å². The first-order valence-electron chi connectivity index (χ1n) is 5.07. The van der Waals surface area contributed by atoms with Crippen molar-refractivity contribution in [1.29, 1.82) is 0 Å². The molecule has 1 aromatic rings. The summed E-state index contributed by atoms with van der Waals surface area (Å²) in [5, 5.41) is 3.41. The van der Waals surface area contributed by atoms with Crippen molar-refractivity contribution in [2.45, 2.75) is 6.92 Å². The van der Waals surface area contributed by atoms with Gasteiger partial charge in [0, 0.05) is 6.54 Å². The second-order valence-corrected chi connectivity index (χ2v) is 4.74. The predicted molar refractivity (Wildman–Crippen MR) is 71.9 cm³/mol. The van der Waals surface area contributed by atoms with Gasteiger partial charge in [0.05, 0.1) is 18.4 Å². The summed E-state index contributed by atoms with van der Waals surface area (Å²) in [6, 6.07) is 0. The monoisotopic (exact) mass is 269 g/mol. The third-order valence-corrected chi connectivity index (χ3v) is 3.26. The molecule has 0 atom stereocenters. The zero-order valence-electron chi connectivity index (χ0n) is 10.2. The van der Waals surface area contributed by atoms with Gasteiger partial charge in [0.1, 0.15) is 9.88 Å². The third kappa shape index (κ3) is 2.80. The molecule has 0 aliphatic heterocycles. The lowest BCUT2D eigenvalue weighted by Crippen LogP contribution is -2.15. The lowest BCUT2D eigenvalue weighted by atomic mass is 10.2. The van der Waals surface area contributed by atoms with E-state index in [1.54, 1.807) is 0 Å². The molecule has 1 heterocycles. The van der Waals surface area contributed by atoms with Crippen molar-refractivity contribution in [2.75, 3.05) is 24.7 Å². The number of carbonyl (C=O) groups excluding carboxylic acids is 2. The van der Waals surface area contributed by atoms with Gasteiger partial charge < -0.3 is 21.5 Å². The molecular weight excluding hydrogens is 254 g/mol. The lowest BCUT2D eigenvalue weighted by Gasteiger charge is -2.04. The predicted octanol–water partition coefficient (Wildman–Crippen LogP) is 1.20. The van der Waals surface area contributed by atoms with Crippen LogP contribution in [0, 0.1) is 0 Å². The maximum atomic E-state index is 11.5. The van der Waals surface area contributed by atoms with Gasteiger partial charge in [-0.1, -0.05) is 12.2 Å². The van der Waals surface area contributed by atoms with E-state index in [9.17, 15) is 9.59 Å². The molecule has 0 saturated carbocycles. The number of ether oxygens (including phenoxy) is 1. The first-order chi connectivity index (χ1) is 8.38. The Balaban J connectivity index is 3.19. The molecular formula is C11H15N3O3S. The Labute approximate surface area is 109 Å². The van der Waals surface area contributed by atoms with Gasteiger partial charge in [-0.25, -0.2) is 4.79 Å². The molecule has 98 valence electrons. The molecule has 0 fully saturated rings. The lowest BCUT2D eigenvalue weighted by molar-refractivity contribution is 0.0607. The average molecular weight is 269 g/mol. The van der Waals surface area contributed by atoms with Crippen molar-refractivity contribution >= 4 is 33.9 Å². The molecule has 7 heteroatoms. The molecule has 0 spiro atoms. The fraction of sp³-hybridized carbons (Fsp3) is 0.273. The summed E-state index contributed by atoms with van der Waals surface area (Å²) < 4.78 is 4.58. The summed E-state index contributed by atoms with van der Waals surface area (Å²) in [5.74, 6) is -1.29. The van der Waals surface area contributed by atoms with Crippen LogP contribution < -0.4 is 16.8 Å². The largest absolute Gasteiger partial charge is 0.465 e. The van der Waals surface area contributed by atoms with Gasteiger partial charge in [-0.05, 0) is 6.92 Å². The van der Waals surface area contributed by atoms with E-state index >= 15 is 0 Å². The van der Waals surface area contributed by atoms with Crippen LogP contribution in [0.2, 0.25) is 0 Å². The van der Waals surface area contributed by atoms with Crippen molar-refractivity contribution in [2.24, 2.45) is 5.73 Å². The minimum atomic E-state index is -0.692. The highest BCUT2D eigenvalue weighted by Gasteiger charge is 2.24. The molecule has 0 aromatic carbocycles. The van der Waals surface area contributed by atoms with Gasteiger partial charge >= 0.3 is 5.97 Å². The highest BCUT2D eigenvalue weighted by molar-refractivity contribution is 7.19. The number of thiophene rings is 1. The van der Waals surface area contributed by atoms with Crippen LogP contribution in [-0.2, 0) is 4.74 Å². The van der Waals surface area contributed by atoms with E-state index in [-0.39, 0.29) is 16.1 Å². The van der Waals surface area contributed by atoms with Gasteiger partial charge in [-0.3, -0.25) is 4.79 Å². The fourth-order valence-electron chi connectivity index (χ4n) is 1.29. The maximum Gasteiger partial charge on any atom is 0.350 e. The van der Waals surface area contributed by atoms with E-state index < -0.39 is 11.9 Å². The van der Waals surface area contributed by atoms with Crippen molar-refractivity contribution in [1.82, 2.24) is 0 Å². The normalized spacial score (nSPS) is 9.89. The maximum absolute atomic E-state index is 11.5. The second kappa shape index (κ2) is 5.54. The Kier molecular flexibility index (Phi) is 4.33. The number of primary amides is 1. The molecule has 6 nitrogen and oxygen atoms in total. The van der Waals surface area contributed by atoms with Gasteiger partial charge in [0.25, 0.3) is 5.91 Å². The van der Waals surface area contributed by atoms with E-state index in [4.69, 9.17) is 11.5 Å². The zero-order valence-corrected chi connectivity index (χ0v) is 11.0. The number of hydrogen-bond acceptors (Lipinski definition) is 6. The number of nitrogens with two attached hydrogens (primary N) is 2. The smallest absolute Gasteiger partial charge is 0.350 e. The topological polar surface area (TPSA) is 107 Å². The summed E-state index contributed by atoms with van der Waals surface area (Å²) in [6.45, 7) is 6.02. The zero-order chi connectivity index (χ0) is 13.9. The molecule has 5 N–H and O–H groups in total. The van der Waals surface area contributed by atoms with Crippen molar-refractivity contribution < 1.29 is 14.3 Å². The average Bonchev–Trinajstić information content (AvgIpc) is 2.62. The Hall–Kier alpha value is -2.02. The minimum Gasteiger partial charge on any atom is -0.465 e. The first kappa shape index (κ1) is 14.0. The molecule has 1 amide bonds. The number of carbonyl (C=O) groups is 2. The molecule has 0 unspecified atom stereocenters. The quantitative estimate of drug-likeness (QED) is 0.550. The Morgan fingerprint density at radius 1 is 1.50 bits per heavy atom. The Morgan fingerprint density at radius 3 is 2.56 bits per heavy atom. The van der Waals surface area contributed by atoms with Crippen molar-refractivity contribution in [3.8, 4) is 0 Å². The van der Waals surface area contributed by atoms with Crippen LogP contribution in [0.3, 0.4) is 0 Å². The van der Waals surface area contributed by atoms with Crippen LogP contribution in [0.5, 0.6) is 0 Å². The number of hydrogen-bond donors (Lipinski definition) is 3. The summed E-state index contributed by atoms with van der Waals surface area (Å²) in [7, 11) is 1.24. The highest BCUT2D eigenvalue weighted by Crippen LogP contribution is 2.35. The van der Waals surface area contributed by atoms with Gasteiger partial charge in [0.2, 0.25) is 0 Å². The van der Waals surface area contributed by atoms with E-state index in [0.29, 0.717) is 11.5 Å². The number of methoxy groups -OCH3 is 1. The fourth-order valence-corrected chi connectivity index (χ4v) is 2.33. The SMILES string of the molecule is C=C(C)CNc1sc(C(=O)OC)c(N)c1C(N)=O. The second-order valence-electron chi connectivity index (χ2n) is 3.72. The third-order valence-electron chi connectivity index (χ3n) is 2.11. The van der Waals surface area contributed by atoms with E-state index in [0.717, 1.165) is 16.9 Å². The van der Waals surface area contributed by atoms with Crippen molar-refractivity contribution in [3.05, 3.63) is 22.6 Å². The molecule has 0 radical (unpaired) electrons.